The standard InChI is InChI=1S/C17H21Cl2N3O4/c1-21(9-11-2-3-13(18)14(19)8-11)16(25)12-10-22(17(26)15(12)24)6-4-20-5-7-23/h2-3,8,20,23-24H,4-7,9-10H2,1H3. The fourth-order valence-electron chi connectivity index (χ4n) is 2.60. The molecule has 2 rings (SSSR count). The highest BCUT2D eigenvalue weighted by molar-refractivity contribution is 6.42. The van der Waals surface area contributed by atoms with E-state index in [4.69, 9.17) is 28.3 Å². The molecular formula is C17H21Cl2N3O4. The average molecular weight is 402 g/mol. The Morgan fingerprint density at radius 1 is 1.31 bits per heavy atom. The van der Waals surface area contributed by atoms with Crippen molar-refractivity contribution < 1.29 is 19.8 Å². The maximum Gasteiger partial charge on any atom is 0.289 e. The Kier molecular flexibility index (Phi) is 7.28. The molecule has 3 N–H and O–H groups in total. The summed E-state index contributed by atoms with van der Waals surface area (Å²) in [6.45, 7) is 1.52. The van der Waals surface area contributed by atoms with Crippen LogP contribution in [0.1, 0.15) is 5.56 Å². The van der Waals surface area contributed by atoms with Gasteiger partial charge in [-0.25, -0.2) is 0 Å². The molecule has 1 aromatic carbocycles. The van der Waals surface area contributed by atoms with Gasteiger partial charge in [-0.2, -0.15) is 0 Å². The van der Waals surface area contributed by atoms with Crippen LogP contribution in [-0.4, -0.2) is 71.7 Å². The van der Waals surface area contributed by atoms with Crippen LogP contribution >= 0.6 is 23.2 Å². The number of nitrogens with zero attached hydrogens (tertiary/aromatic N) is 2. The van der Waals surface area contributed by atoms with Gasteiger partial charge in [-0.3, -0.25) is 9.59 Å². The van der Waals surface area contributed by atoms with Crippen molar-refractivity contribution in [2.75, 3.05) is 39.8 Å². The highest BCUT2D eigenvalue weighted by Crippen LogP contribution is 2.24. The zero-order valence-corrected chi connectivity index (χ0v) is 15.8. The van der Waals surface area contributed by atoms with Gasteiger partial charge < -0.3 is 25.3 Å². The van der Waals surface area contributed by atoms with Crippen LogP contribution in [0.15, 0.2) is 29.5 Å². The Bertz CT molecular complexity index is 724. The molecule has 0 aromatic heterocycles. The molecule has 26 heavy (non-hydrogen) atoms. The first-order chi connectivity index (χ1) is 12.3. The van der Waals surface area contributed by atoms with Gasteiger partial charge in [0, 0.05) is 33.2 Å². The minimum absolute atomic E-state index is 0.000686. The lowest BCUT2D eigenvalue weighted by Crippen LogP contribution is -2.36. The van der Waals surface area contributed by atoms with Crippen LogP contribution in [0, 0.1) is 0 Å². The third kappa shape index (κ3) is 4.88. The van der Waals surface area contributed by atoms with Gasteiger partial charge in [-0.1, -0.05) is 29.3 Å². The number of carbonyl (C=O) groups is 2. The highest BCUT2D eigenvalue weighted by Gasteiger charge is 2.34. The second kappa shape index (κ2) is 9.23. The molecule has 0 spiro atoms. The largest absolute Gasteiger partial charge is 0.503 e. The van der Waals surface area contributed by atoms with Crippen molar-refractivity contribution in [3.05, 3.63) is 45.1 Å². The van der Waals surface area contributed by atoms with E-state index in [1.54, 1.807) is 25.2 Å². The summed E-state index contributed by atoms with van der Waals surface area (Å²) in [7, 11) is 1.58. The monoisotopic (exact) mass is 401 g/mol. The lowest BCUT2D eigenvalue weighted by Gasteiger charge is -2.19. The van der Waals surface area contributed by atoms with E-state index in [-0.39, 0.29) is 25.3 Å². The number of hydrogen-bond donors (Lipinski definition) is 3. The van der Waals surface area contributed by atoms with E-state index in [2.05, 4.69) is 5.32 Å². The molecule has 0 fully saturated rings. The zero-order chi connectivity index (χ0) is 19.3. The number of likely N-dealkylation sites (N-methyl/N-ethyl adjacent to an activating group) is 1. The normalized spacial score (nSPS) is 14.3. The Balaban J connectivity index is 1.98. The number of nitrogens with one attached hydrogen (secondary N) is 1. The summed E-state index contributed by atoms with van der Waals surface area (Å²) in [6, 6.07) is 5.07. The first-order valence-electron chi connectivity index (χ1n) is 8.07. The summed E-state index contributed by atoms with van der Waals surface area (Å²) in [5, 5.41) is 22.5. The van der Waals surface area contributed by atoms with Crippen molar-refractivity contribution in [2.45, 2.75) is 6.54 Å². The van der Waals surface area contributed by atoms with Gasteiger partial charge >= 0.3 is 0 Å². The van der Waals surface area contributed by atoms with Crippen LogP contribution in [0.4, 0.5) is 0 Å². The summed E-state index contributed by atoms with van der Waals surface area (Å²) in [6.07, 6.45) is 0. The lowest BCUT2D eigenvalue weighted by atomic mass is 10.2. The molecule has 0 bridgehead atoms. The van der Waals surface area contributed by atoms with Crippen LogP contribution in [0.2, 0.25) is 10.0 Å². The maximum absolute atomic E-state index is 12.6. The number of hydrogen-bond acceptors (Lipinski definition) is 5. The minimum atomic E-state index is -0.568. The number of aliphatic hydroxyl groups is 2. The van der Waals surface area contributed by atoms with Crippen LogP contribution in [0.25, 0.3) is 0 Å². The Morgan fingerprint density at radius 3 is 2.69 bits per heavy atom. The van der Waals surface area contributed by atoms with Gasteiger partial charge in [0.1, 0.15) is 0 Å². The van der Waals surface area contributed by atoms with E-state index in [0.29, 0.717) is 29.7 Å². The average Bonchev–Trinajstić information content (AvgIpc) is 2.89. The molecule has 0 unspecified atom stereocenters. The van der Waals surface area contributed by atoms with Gasteiger partial charge in [-0.15, -0.1) is 0 Å². The molecule has 142 valence electrons. The molecule has 0 radical (unpaired) electrons. The smallest absolute Gasteiger partial charge is 0.289 e. The molecule has 0 atom stereocenters. The topological polar surface area (TPSA) is 93.1 Å². The van der Waals surface area contributed by atoms with Gasteiger partial charge in [0.25, 0.3) is 11.8 Å². The van der Waals surface area contributed by atoms with Crippen LogP contribution in [0.5, 0.6) is 0 Å². The predicted octanol–water partition coefficient (Wildman–Crippen LogP) is 1.19. The summed E-state index contributed by atoms with van der Waals surface area (Å²) < 4.78 is 0. The van der Waals surface area contributed by atoms with E-state index in [1.165, 1.54) is 9.80 Å². The van der Waals surface area contributed by atoms with Gasteiger partial charge in [0.15, 0.2) is 5.76 Å². The van der Waals surface area contributed by atoms with Crippen molar-refractivity contribution >= 4 is 35.0 Å². The van der Waals surface area contributed by atoms with Gasteiger partial charge in [0.2, 0.25) is 0 Å². The number of carbonyl (C=O) groups excluding carboxylic acids is 2. The van der Waals surface area contributed by atoms with E-state index >= 15 is 0 Å². The zero-order valence-electron chi connectivity index (χ0n) is 14.3. The molecule has 0 saturated heterocycles. The van der Waals surface area contributed by atoms with Crippen LogP contribution in [0.3, 0.4) is 0 Å². The van der Waals surface area contributed by atoms with Crippen molar-refractivity contribution in [1.82, 2.24) is 15.1 Å². The molecule has 1 heterocycles. The number of benzene rings is 1. The third-order valence-corrected chi connectivity index (χ3v) is 4.72. The fourth-order valence-corrected chi connectivity index (χ4v) is 2.92. The van der Waals surface area contributed by atoms with Crippen molar-refractivity contribution in [3.8, 4) is 0 Å². The van der Waals surface area contributed by atoms with E-state index in [9.17, 15) is 14.7 Å². The molecule has 1 aliphatic heterocycles. The minimum Gasteiger partial charge on any atom is -0.503 e. The quantitative estimate of drug-likeness (QED) is 0.568. The van der Waals surface area contributed by atoms with Crippen LogP contribution < -0.4 is 5.32 Å². The molecule has 2 amide bonds. The molecule has 1 aromatic rings. The number of halogens is 2. The van der Waals surface area contributed by atoms with Crippen molar-refractivity contribution in [1.29, 1.82) is 0 Å². The molecule has 9 heteroatoms. The highest BCUT2D eigenvalue weighted by atomic mass is 35.5. The second-order valence-corrected chi connectivity index (χ2v) is 6.75. The Labute approximate surface area is 161 Å². The Hall–Kier alpha value is -1.80. The van der Waals surface area contributed by atoms with E-state index in [0.717, 1.165) is 5.56 Å². The number of aliphatic hydroxyl groups excluding tert-OH is 2. The number of amides is 2. The lowest BCUT2D eigenvalue weighted by molar-refractivity contribution is -0.128. The molecule has 1 aliphatic rings. The predicted molar refractivity (Wildman–Crippen MR) is 99.1 cm³/mol. The SMILES string of the molecule is CN(Cc1ccc(Cl)c(Cl)c1)C(=O)C1=C(O)C(=O)N(CCNCCO)C1. The van der Waals surface area contributed by atoms with Crippen molar-refractivity contribution in [3.63, 3.8) is 0 Å². The van der Waals surface area contributed by atoms with E-state index < -0.39 is 17.6 Å². The fraction of sp³-hybridized carbons (Fsp3) is 0.412. The third-order valence-electron chi connectivity index (χ3n) is 3.98. The van der Waals surface area contributed by atoms with Crippen molar-refractivity contribution in [2.24, 2.45) is 0 Å². The molecule has 0 saturated carbocycles. The molecule has 7 nitrogen and oxygen atoms in total. The first-order valence-corrected chi connectivity index (χ1v) is 8.83. The first kappa shape index (κ1) is 20.5. The second-order valence-electron chi connectivity index (χ2n) is 5.94. The summed E-state index contributed by atoms with van der Waals surface area (Å²) in [5.41, 5.74) is 0.851. The summed E-state index contributed by atoms with van der Waals surface area (Å²) >= 11 is 11.9. The van der Waals surface area contributed by atoms with Crippen LogP contribution in [-0.2, 0) is 16.1 Å². The number of rotatable bonds is 8. The summed E-state index contributed by atoms with van der Waals surface area (Å²) in [4.78, 5) is 27.5. The van der Waals surface area contributed by atoms with Gasteiger partial charge in [-0.05, 0) is 17.7 Å². The Morgan fingerprint density at radius 2 is 2.04 bits per heavy atom. The molecular weight excluding hydrogens is 381 g/mol. The maximum atomic E-state index is 12.6. The van der Waals surface area contributed by atoms with E-state index in [1.807, 2.05) is 0 Å². The van der Waals surface area contributed by atoms with Gasteiger partial charge in [0.05, 0.1) is 28.8 Å². The molecule has 0 aliphatic carbocycles. The summed E-state index contributed by atoms with van der Waals surface area (Å²) in [5.74, 6) is -1.51.